The number of hydrogen-bond acceptors (Lipinski definition) is 2. The van der Waals surface area contributed by atoms with E-state index in [1.54, 1.807) is 31.0 Å². The van der Waals surface area contributed by atoms with Crippen molar-refractivity contribution in [1.82, 2.24) is 4.90 Å². The molecular weight excluding hydrogens is 327 g/mol. The molecule has 0 unspecified atom stereocenters. The van der Waals surface area contributed by atoms with Gasteiger partial charge in [0.1, 0.15) is 5.82 Å². The number of rotatable bonds is 2. The third-order valence-electron chi connectivity index (χ3n) is 3.74. The van der Waals surface area contributed by atoms with Crippen LogP contribution in [0.5, 0.6) is 0 Å². The smallest absolute Gasteiger partial charge is 0.324 e. The van der Waals surface area contributed by atoms with Crippen LogP contribution >= 0.6 is 15.9 Å². The SMILES string of the molecule is C[C@@H](O)[C@H]1CCN(C(=O)N(C)c2ccc(Br)cc2F)C1. The third kappa shape index (κ3) is 3.12. The number of benzene rings is 1. The second-order valence-corrected chi connectivity index (χ2v) is 6.09. The summed E-state index contributed by atoms with van der Waals surface area (Å²) in [6.07, 6.45) is 0.350. The molecule has 1 aliphatic heterocycles. The zero-order chi connectivity index (χ0) is 14.9. The van der Waals surface area contributed by atoms with Crippen LogP contribution in [0.4, 0.5) is 14.9 Å². The highest BCUT2D eigenvalue weighted by molar-refractivity contribution is 9.10. The number of nitrogens with zero attached hydrogens (tertiary/aromatic N) is 2. The maximum atomic E-state index is 13.9. The third-order valence-corrected chi connectivity index (χ3v) is 4.23. The number of aliphatic hydroxyl groups is 1. The van der Waals surface area contributed by atoms with Crippen molar-refractivity contribution < 1.29 is 14.3 Å². The standard InChI is InChI=1S/C14H18BrFN2O2/c1-9(19)10-5-6-18(8-10)14(20)17(2)13-4-3-11(15)7-12(13)16/h3-4,7,9-10,19H,5-6,8H2,1-2H3/t9-,10+/m1/s1. The monoisotopic (exact) mass is 344 g/mol. The fraction of sp³-hybridized carbons (Fsp3) is 0.500. The molecule has 1 aromatic rings. The van der Waals surface area contributed by atoms with E-state index in [-0.39, 0.29) is 17.6 Å². The first-order valence-corrected chi connectivity index (χ1v) is 7.35. The second kappa shape index (κ2) is 6.10. The molecule has 2 amide bonds. The largest absolute Gasteiger partial charge is 0.393 e. The number of hydrogen-bond donors (Lipinski definition) is 1. The van der Waals surface area contributed by atoms with E-state index >= 15 is 0 Å². The molecule has 1 fully saturated rings. The van der Waals surface area contributed by atoms with Crippen LogP contribution in [0.2, 0.25) is 0 Å². The number of likely N-dealkylation sites (tertiary alicyclic amines) is 1. The molecule has 0 bridgehead atoms. The summed E-state index contributed by atoms with van der Waals surface area (Å²) in [5.41, 5.74) is 0.249. The fourth-order valence-electron chi connectivity index (χ4n) is 2.42. The Morgan fingerprint density at radius 3 is 2.85 bits per heavy atom. The van der Waals surface area contributed by atoms with Crippen LogP contribution in [0, 0.1) is 11.7 Å². The summed E-state index contributed by atoms with van der Waals surface area (Å²) in [6.45, 7) is 2.84. The lowest BCUT2D eigenvalue weighted by molar-refractivity contribution is 0.129. The molecule has 0 aromatic heterocycles. The van der Waals surface area contributed by atoms with E-state index in [9.17, 15) is 14.3 Å². The van der Waals surface area contributed by atoms with Crippen molar-refractivity contribution in [2.45, 2.75) is 19.4 Å². The van der Waals surface area contributed by atoms with Crippen molar-refractivity contribution >= 4 is 27.6 Å². The maximum Gasteiger partial charge on any atom is 0.324 e. The Morgan fingerprint density at radius 1 is 1.60 bits per heavy atom. The molecule has 6 heteroatoms. The number of halogens is 2. The van der Waals surface area contributed by atoms with E-state index < -0.39 is 11.9 Å². The van der Waals surface area contributed by atoms with Crippen molar-refractivity contribution in [3.05, 3.63) is 28.5 Å². The van der Waals surface area contributed by atoms with E-state index in [0.717, 1.165) is 6.42 Å². The van der Waals surface area contributed by atoms with Gasteiger partial charge in [0.2, 0.25) is 0 Å². The fourth-order valence-corrected chi connectivity index (χ4v) is 2.76. The topological polar surface area (TPSA) is 43.8 Å². The summed E-state index contributed by atoms with van der Waals surface area (Å²) >= 11 is 3.19. The zero-order valence-electron chi connectivity index (χ0n) is 11.5. The van der Waals surface area contributed by atoms with Crippen LogP contribution in [-0.2, 0) is 0 Å². The summed E-state index contributed by atoms with van der Waals surface area (Å²) in [5.74, 6) is -0.344. The Kier molecular flexibility index (Phi) is 4.65. The predicted molar refractivity (Wildman–Crippen MR) is 79.3 cm³/mol. The number of carbonyl (C=O) groups excluding carboxylic acids is 1. The van der Waals surface area contributed by atoms with Gasteiger partial charge in [0.15, 0.2) is 0 Å². The number of urea groups is 1. The van der Waals surface area contributed by atoms with E-state index in [0.29, 0.717) is 17.6 Å². The predicted octanol–water partition coefficient (Wildman–Crippen LogP) is 2.85. The van der Waals surface area contributed by atoms with Gasteiger partial charge in [-0.2, -0.15) is 0 Å². The van der Waals surface area contributed by atoms with Crippen LogP contribution < -0.4 is 4.90 Å². The average Bonchev–Trinajstić information content (AvgIpc) is 2.87. The molecule has 110 valence electrons. The van der Waals surface area contributed by atoms with Gasteiger partial charge in [-0.25, -0.2) is 9.18 Å². The Hall–Kier alpha value is -1.14. The average molecular weight is 345 g/mol. The first kappa shape index (κ1) is 15.3. The summed E-state index contributed by atoms with van der Waals surface area (Å²) in [5, 5.41) is 9.57. The van der Waals surface area contributed by atoms with Gasteiger partial charge in [-0.1, -0.05) is 15.9 Å². The molecule has 0 aliphatic carbocycles. The molecule has 2 rings (SSSR count). The highest BCUT2D eigenvalue weighted by atomic mass is 79.9. The van der Waals surface area contributed by atoms with Gasteiger partial charge in [-0.15, -0.1) is 0 Å². The zero-order valence-corrected chi connectivity index (χ0v) is 13.1. The minimum absolute atomic E-state index is 0.0992. The van der Waals surface area contributed by atoms with E-state index in [2.05, 4.69) is 15.9 Å². The molecule has 0 spiro atoms. The van der Waals surface area contributed by atoms with Crippen LogP contribution in [0.15, 0.2) is 22.7 Å². The number of aliphatic hydroxyl groups excluding tert-OH is 1. The van der Waals surface area contributed by atoms with Gasteiger partial charge < -0.3 is 10.0 Å². The minimum atomic E-state index is -0.443. The lowest BCUT2D eigenvalue weighted by Gasteiger charge is -2.25. The van der Waals surface area contributed by atoms with Crippen LogP contribution in [0.25, 0.3) is 0 Å². The quantitative estimate of drug-likeness (QED) is 0.896. The van der Waals surface area contributed by atoms with Gasteiger partial charge in [-0.05, 0) is 31.5 Å². The van der Waals surface area contributed by atoms with Crippen LogP contribution in [-0.4, -0.2) is 42.3 Å². The van der Waals surface area contributed by atoms with Gasteiger partial charge in [0.25, 0.3) is 0 Å². The summed E-state index contributed by atoms with van der Waals surface area (Å²) in [4.78, 5) is 15.3. The van der Waals surface area contributed by atoms with Crippen molar-refractivity contribution in [3.63, 3.8) is 0 Å². The van der Waals surface area contributed by atoms with Crippen molar-refractivity contribution in [2.24, 2.45) is 5.92 Å². The molecule has 4 nitrogen and oxygen atoms in total. The molecule has 20 heavy (non-hydrogen) atoms. The molecule has 2 atom stereocenters. The van der Waals surface area contributed by atoms with Gasteiger partial charge >= 0.3 is 6.03 Å². The van der Waals surface area contributed by atoms with E-state index in [1.807, 2.05) is 0 Å². The van der Waals surface area contributed by atoms with Crippen molar-refractivity contribution in [1.29, 1.82) is 0 Å². The molecule has 1 aliphatic rings. The molecule has 1 N–H and O–H groups in total. The van der Waals surface area contributed by atoms with Crippen molar-refractivity contribution in [2.75, 3.05) is 25.0 Å². The highest BCUT2D eigenvalue weighted by Crippen LogP contribution is 2.25. The number of carbonyl (C=O) groups is 1. The van der Waals surface area contributed by atoms with Gasteiger partial charge in [0.05, 0.1) is 11.8 Å². The first-order valence-electron chi connectivity index (χ1n) is 6.56. The second-order valence-electron chi connectivity index (χ2n) is 5.17. The Morgan fingerprint density at radius 2 is 2.30 bits per heavy atom. The van der Waals surface area contributed by atoms with E-state index in [4.69, 9.17) is 0 Å². The summed E-state index contributed by atoms with van der Waals surface area (Å²) in [6, 6.07) is 4.36. The molecular formula is C14H18BrFN2O2. The lowest BCUT2D eigenvalue weighted by Crippen LogP contribution is -2.40. The number of anilines is 1. The molecule has 1 aromatic carbocycles. The van der Waals surface area contributed by atoms with Gasteiger partial charge in [-0.3, -0.25) is 4.90 Å². The maximum absolute atomic E-state index is 13.9. The minimum Gasteiger partial charge on any atom is -0.393 e. The molecule has 0 radical (unpaired) electrons. The van der Waals surface area contributed by atoms with Gasteiger partial charge in [0, 0.05) is 30.5 Å². The lowest BCUT2D eigenvalue weighted by atomic mass is 10.0. The Balaban J connectivity index is 2.09. The number of amides is 2. The van der Waals surface area contributed by atoms with Crippen molar-refractivity contribution in [3.8, 4) is 0 Å². The summed E-state index contributed by atoms with van der Waals surface area (Å²) in [7, 11) is 1.56. The summed E-state index contributed by atoms with van der Waals surface area (Å²) < 4.78 is 14.5. The van der Waals surface area contributed by atoms with Crippen LogP contribution in [0.1, 0.15) is 13.3 Å². The normalized spacial score (nSPS) is 20.1. The van der Waals surface area contributed by atoms with E-state index in [1.165, 1.54) is 11.0 Å². The van der Waals surface area contributed by atoms with Crippen LogP contribution in [0.3, 0.4) is 0 Å². The Labute approximate surface area is 126 Å². The molecule has 1 heterocycles. The molecule has 1 saturated heterocycles. The Bertz CT molecular complexity index is 510. The highest BCUT2D eigenvalue weighted by Gasteiger charge is 2.31. The molecule has 0 saturated carbocycles. The first-order chi connectivity index (χ1) is 9.40.